The molecule has 0 aliphatic heterocycles. The molecule has 0 bridgehead atoms. The molecule has 0 spiro atoms. The predicted octanol–water partition coefficient (Wildman–Crippen LogP) is 4.21. The number of anilines is 1. The van der Waals surface area contributed by atoms with Crippen LogP contribution in [0.4, 0.5) is 10.5 Å². The van der Waals surface area contributed by atoms with Gasteiger partial charge in [-0.1, -0.05) is 17.7 Å². The zero-order valence-electron chi connectivity index (χ0n) is 15.3. The molecule has 5 heteroatoms. The molecule has 2 amide bonds. The molecule has 0 unspecified atom stereocenters. The Morgan fingerprint density at radius 3 is 2.08 bits per heavy atom. The van der Waals surface area contributed by atoms with Crippen LogP contribution in [0.2, 0.25) is 0 Å². The number of hydrogen-bond acceptors (Lipinski definition) is 3. The maximum atomic E-state index is 12.0. The van der Waals surface area contributed by atoms with E-state index in [1.165, 1.54) is 5.56 Å². The van der Waals surface area contributed by atoms with Crippen molar-refractivity contribution in [2.24, 2.45) is 0 Å². The van der Waals surface area contributed by atoms with Gasteiger partial charge in [0.2, 0.25) is 0 Å². The van der Waals surface area contributed by atoms with Crippen LogP contribution in [0.1, 0.15) is 23.6 Å². The molecule has 2 aromatic rings. The van der Waals surface area contributed by atoms with Gasteiger partial charge in [-0.3, -0.25) is 0 Å². The van der Waals surface area contributed by atoms with E-state index < -0.39 is 0 Å². The summed E-state index contributed by atoms with van der Waals surface area (Å²) in [6, 6.07) is 11.3. The molecule has 0 heterocycles. The van der Waals surface area contributed by atoms with E-state index in [2.05, 4.69) is 22.8 Å². The first-order valence-electron chi connectivity index (χ1n) is 8.48. The maximum Gasteiger partial charge on any atom is 0.319 e. The molecular weight excluding hydrogens is 316 g/mol. The summed E-state index contributed by atoms with van der Waals surface area (Å²) < 4.78 is 11.0. The maximum absolute atomic E-state index is 12.0. The van der Waals surface area contributed by atoms with E-state index in [4.69, 9.17) is 9.47 Å². The van der Waals surface area contributed by atoms with Gasteiger partial charge in [0.25, 0.3) is 0 Å². The second kappa shape index (κ2) is 8.97. The minimum Gasteiger partial charge on any atom is -0.494 e. The third-order valence-electron chi connectivity index (χ3n) is 3.71. The van der Waals surface area contributed by atoms with E-state index in [-0.39, 0.29) is 6.03 Å². The summed E-state index contributed by atoms with van der Waals surface area (Å²) in [5.74, 6) is 1.56. The topological polar surface area (TPSA) is 59.6 Å². The molecule has 0 aliphatic rings. The van der Waals surface area contributed by atoms with E-state index in [1.54, 1.807) is 0 Å². The molecule has 2 aromatic carbocycles. The van der Waals surface area contributed by atoms with Crippen LogP contribution in [0.15, 0.2) is 36.4 Å². The third-order valence-corrected chi connectivity index (χ3v) is 3.71. The van der Waals surface area contributed by atoms with Gasteiger partial charge >= 0.3 is 6.03 Å². The Balaban J connectivity index is 1.75. The van der Waals surface area contributed by atoms with Crippen LogP contribution in [-0.2, 0) is 0 Å². The van der Waals surface area contributed by atoms with Crippen molar-refractivity contribution in [3.8, 4) is 11.5 Å². The van der Waals surface area contributed by atoms with E-state index >= 15 is 0 Å². The third kappa shape index (κ3) is 5.71. The predicted molar refractivity (Wildman–Crippen MR) is 101 cm³/mol. The fourth-order valence-electron chi connectivity index (χ4n) is 2.67. The highest BCUT2D eigenvalue weighted by Crippen LogP contribution is 2.21. The number of ether oxygens (including phenoxy) is 2. The van der Waals surface area contributed by atoms with Crippen LogP contribution >= 0.6 is 0 Å². The van der Waals surface area contributed by atoms with Crippen molar-refractivity contribution in [1.29, 1.82) is 0 Å². The van der Waals surface area contributed by atoms with Crippen molar-refractivity contribution in [2.45, 2.75) is 27.7 Å². The lowest BCUT2D eigenvalue weighted by molar-refractivity contribution is 0.247. The Morgan fingerprint density at radius 2 is 1.52 bits per heavy atom. The van der Waals surface area contributed by atoms with Gasteiger partial charge in [-0.05, 0) is 63.1 Å². The molecule has 0 aliphatic carbocycles. The van der Waals surface area contributed by atoms with E-state index in [0.29, 0.717) is 19.8 Å². The fraction of sp³-hybridized carbons (Fsp3) is 0.350. The Kier molecular flexibility index (Phi) is 6.69. The van der Waals surface area contributed by atoms with Gasteiger partial charge in [0.15, 0.2) is 0 Å². The Bertz CT molecular complexity index is 688. The molecule has 0 radical (unpaired) electrons. The first kappa shape index (κ1) is 18.6. The number of rotatable bonds is 7. The molecule has 0 atom stereocenters. The largest absolute Gasteiger partial charge is 0.494 e. The van der Waals surface area contributed by atoms with E-state index in [1.807, 2.05) is 52.0 Å². The van der Waals surface area contributed by atoms with Gasteiger partial charge < -0.3 is 20.1 Å². The molecule has 0 fully saturated rings. The highest BCUT2D eigenvalue weighted by atomic mass is 16.5. The summed E-state index contributed by atoms with van der Waals surface area (Å²) in [5.41, 5.74) is 4.15. The lowest BCUT2D eigenvalue weighted by Gasteiger charge is -2.14. The molecule has 0 saturated carbocycles. The van der Waals surface area contributed by atoms with Crippen molar-refractivity contribution in [1.82, 2.24) is 5.32 Å². The number of amides is 2. The lowest BCUT2D eigenvalue weighted by Crippen LogP contribution is -2.32. The summed E-state index contributed by atoms with van der Waals surface area (Å²) in [6.45, 7) is 9.42. The molecule has 2 N–H and O–H groups in total. The summed E-state index contributed by atoms with van der Waals surface area (Å²) >= 11 is 0. The smallest absolute Gasteiger partial charge is 0.319 e. The van der Waals surface area contributed by atoms with Gasteiger partial charge in [0.1, 0.15) is 18.1 Å². The molecule has 0 aromatic heterocycles. The van der Waals surface area contributed by atoms with E-state index in [0.717, 1.165) is 28.3 Å². The molecule has 5 nitrogen and oxygen atoms in total. The van der Waals surface area contributed by atoms with Crippen molar-refractivity contribution >= 4 is 11.7 Å². The van der Waals surface area contributed by atoms with Crippen LogP contribution in [0, 0.1) is 20.8 Å². The van der Waals surface area contributed by atoms with Crippen LogP contribution in [0.25, 0.3) is 0 Å². The first-order chi connectivity index (χ1) is 12.0. The quantitative estimate of drug-likeness (QED) is 0.741. The van der Waals surface area contributed by atoms with Crippen molar-refractivity contribution in [3.05, 3.63) is 53.1 Å². The highest BCUT2D eigenvalue weighted by molar-refractivity contribution is 5.91. The lowest BCUT2D eigenvalue weighted by atomic mass is 10.1. The van der Waals surface area contributed by atoms with Crippen LogP contribution < -0.4 is 20.1 Å². The Hall–Kier alpha value is -2.69. The normalized spacial score (nSPS) is 10.2. The number of nitrogens with one attached hydrogen (secondary N) is 2. The summed E-state index contributed by atoms with van der Waals surface area (Å²) in [5, 5.41) is 5.71. The monoisotopic (exact) mass is 342 g/mol. The second-order valence-electron chi connectivity index (χ2n) is 5.91. The van der Waals surface area contributed by atoms with Crippen molar-refractivity contribution in [3.63, 3.8) is 0 Å². The fourth-order valence-corrected chi connectivity index (χ4v) is 2.67. The number of benzene rings is 2. The van der Waals surface area contributed by atoms with E-state index in [9.17, 15) is 4.79 Å². The van der Waals surface area contributed by atoms with Gasteiger partial charge in [-0.2, -0.15) is 0 Å². The van der Waals surface area contributed by atoms with Gasteiger partial charge in [-0.25, -0.2) is 4.79 Å². The van der Waals surface area contributed by atoms with Crippen LogP contribution in [0.3, 0.4) is 0 Å². The number of aryl methyl sites for hydroxylation is 3. The SMILES string of the molecule is CCOc1ccc(OCCNC(=O)Nc2c(C)cc(C)cc2C)cc1. The average molecular weight is 342 g/mol. The Morgan fingerprint density at radius 1 is 0.960 bits per heavy atom. The number of urea groups is 1. The zero-order valence-corrected chi connectivity index (χ0v) is 15.3. The highest BCUT2D eigenvalue weighted by Gasteiger charge is 2.07. The molecule has 134 valence electrons. The number of carbonyl (C=O) groups excluding carboxylic acids is 1. The number of carbonyl (C=O) groups is 1. The summed E-state index contributed by atoms with van der Waals surface area (Å²) in [6.07, 6.45) is 0. The van der Waals surface area contributed by atoms with Crippen LogP contribution in [0.5, 0.6) is 11.5 Å². The zero-order chi connectivity index (χ0) is 18.2. The molecule has 0 saturated heterocycles. The van der Waals surface area contributed by atoms with Crippen molar-refractivity contribution in [2.75, 3.05) is 25.1 Å². The summed E-state index contributed by atoms with van der Waals surface area (Å²) in [4.78, 5) is 12.0. The van der Waals surface area contributed by atoms with Gasteiger partial charge in [0.05, 0.1) is 13.2 Å². The molecule has 25 heavy (non-hydrogen) atoms. The second-order valence-corrected chi connectivity index (χ2v) is 5.91. The van der Waals surface area contributed by atoms with Gasteiger partial charge in [0, 0.05) is 5.69 Å². The minimum absolute atomic E-state index is 0.231. The number of hydrogen-bond donors (Lipinski definition) is 2. The summed E-state index contributed by atoms with van der Waals surface area (Å²) in [7, 11) is 0. The average Bonchev–Trinajstić information content (AvgIpc) is 2.56. The molecule has 2 rings (SSSR count). The minimum atomic E-state index is -0.231. The van der Waals surface area contributed by atoms with Crippen molar-refractivity contribution < 1.29 is 14.3 Å². The van der Waals surface area contributed by atoms with Crippen LogP contribution in [-0.4, -0.2) is 25.8 Å². The standard InChI is InChI=1S/C20H26N2O3/c1-5-24-17-6-8-18(9-7-17)25-11-10-21-20(23)22-19-15(3)12-14(2)13-16(19)4/h6-9,12-13H,5,10-11H2,1-4H3,(H2,21,22,23). The Labute approximate surface area is 149 Å². The molecular formula is C20H26N2O3. The van der Waals surface area contributed by atoms with Gasteiger partial charge in [-0.15, -0.1) is 0 Å². The first-order valence-corrected chi connectivity index (χ1v) is 8.48.